The lowest BCUT2D eigenvalue weighted by atomic mass is 9.97. The Hall–Kier alpha value is -2.67. The minimum Gasteiger partial charge on any atom is -0.472 e. The maximum Gasteiger partial charge on any atom is 0.259 e. The van der Waals surface area contributed by atoms with Crippen molar-refractivity contribution in [2.24, 2.45) is 11.8 Å². The van der Waals surface area contributed by atoms with Crippen LogP contribution in [0.15, 0.2) is 12.3 Å². The Bertz CT molecular complexity index is 974. The number of ether oxygens (including phenoxy) is 2. The van der Waals surface area contributed by atoms with Gasteiger partial charge in [-0.15, -0.1) is 0 Å². The van der Waals surface area contributed by atoms with Crippen LogP contribution in [0, 0.1) is 23.7 Å². The monoisotopic (exact) mass is 487 g/mol. The first-order chi connectivity index (χ1) is 16.5. The SMILES string of the molecule is C[C@H]1CN([C@@H](C)CO)C(=O)c2cc(C#CC(C)(C)O)cnc2O[C@H]1CN(C)C(=O)C1CCOCC1. The van der Waals surface area contributed by atoms with Crippen LogP contribution in [0.3, 0.4) is 0 Å². The minimum absolute atomic E-state index is 0.0626. The fraction of sp³-hybridized carbons (Fsp3) is 0.654. The number of nitrogens with zero attached hydrogens (tertiary/aromatic N) is 3. The summed E-state index contributed by atoms with van der Waals surface area (Å²) in [5.74, 6) is 5.32. The molecule has 35 heavy (non-hydrogen) atoms. The van der Waals surface area contributed by atoms with E-state index in [0.717, 1.165) is 0 Å². The van der Waals surface area contributed by atoms with Gasteiger partial charge in [-0.2, -0.15) is 0 Å². The third-order valence-corrected chi connectivity index (χ3v) is 6.43. The van der Waals surface area contributed by atoms with Gasteiger partial charge in [0.15, 0.2) is 0 Å². The summed E-state index contributed by atoms with van der Waals surface area (Å²) >= 11 is 0. The summed E-state index contributed by atoms with van der Waals surface area (Å²) in [6.07, 6.45) is 2.51. The zero-order chi connectivity index (χ0) is 25.8. The molecule has 192 valence electrons. The normalized spacial score (nSPS) is 22.1. The topological polar surface area (TPSA) is 112 Å². The molecule has 1 fully saturated rings. The number of pyridine rings is 1. The predicted molar refractivity (Wildman–Crippen MR) is 130 cm³/mol. The number of aliphatic hydroxyl groups is 2. The predicted octanol–water partition coefficient (Wildman–Crippen LogP) is 1.31. The van der Waals surface area contributed by atoms with Crippen LogP contribution in [0.25, 0.3) is 0 Å². The molecule has 1 aromatic rings. The number of rotatable bonds is 5. The summed E-state index contributed by atoms with van der Waals surface area (Å²) in [4.78, 5) is 34.2. The lowest BCUT2D eigenvalue weighted by Gasteiger charge is -2.38. The van der Waals surface area contributed by atoms with Crippen molar-refractivity contribution >= 4 is 11.8 Å². The molecule has 3 heterocycles. The van der Waals surface area contributed by atoms with Crippen molar-refractivity contribution in [2.45, 2.75) is 58.3 Å². The Kier molecular flexibility index (Phi) is 8.75. The summed E-state index contributed by atoms with van der Waals surface area (Å²) < 4.78 is 11.6. The van der Waals surface area contributed by atoms with Crippen LogP contribution in [0.5, 0.6) is 5.88 Å². The lowest BCUT2D eigenvalue weighted by molar-refractivity contribution is -0.138. The van der Waals surface area contributed by atoms with Crippen LogP contribution in [0.4, 0.5) is 0 Å². The fourth-order valence-corrected chi connectivity index (χ4v) is 4.23. The van der Waals surface area contributed by atoms with Crippen molar-refractivity contribution in [3.63, 3.8) is 0 Å². The van der Waals surface area contributed by atoms with Gasteiger partial charge in [0, 0.05) is 50.4 Å². The molecular formula is C26H37N3O6. The number of aromatic nitrogens is 1. The Morgan fingerprint density at radius 2 is 2.06 bits per heavy atom. The molecule has 9 heteroatoms. The zero-order valence-corrected chi connectivity index (χ0v) is 21.3. The second-order valence-corrected chi connectivity index (χ2v) is 10.1. The van der Waals surface area contributed by atoms with E-state index in [0.29, 0.717) is 44.7 Å². The Balaban J connectivity index is 1.91. The van der Waals surface area contributed by atoms with Crippen LogP contribution in [-0.4, -0.2) is 94.5 Å². The summed E-state index contributed by atoms with van der Waals surface area (Å²) in [5, 5.41) is 19.7. The number of amides is 2. The Morgan fingerprint density at radius 3 is 2.69 bits per heavy atom. The molecule has 0 saturated carbocycles. The maximum absolute atomic E-state index is 13.5. The standard InChI is InChI=1S/C26H37N3O6/c1-17-14-29(18(2)16-30)25(32)21-12-19(6-9-26(3,4)33)13-27-23(21)35-22(17)15-28(5)24(31)20-7-10-34-11-8-20/h12-13,17-18,20,22,30,33H,7-8,10-11,14-16H2,1-5H3/t17-,18-,22-/m0/s1. The third-order valence-electron chi connectivity index (χ3n) is 6.43. The van der Waals surface area contributed by atoms with E-state index in [1.807, 2.05) is 6.92 Å². The molecule has 0 bridgehead atoms. The summed E-state index contributed by atoms with van der Waals surface area (Å²) in [6.45, 7) is 8.59. The number of fused-ring (bicyclic) bond motifs is 1. The van der Waals surface area contributed by atoms with Crippen LogP contribution < -0.4 is 4.74 Å². The highest BCUT2D eigenvalue weighted by atomic mass is 16.5. The van der Waals surface area contributed by atoms with Gasteiger partial charge >= 0.3 is 0 Å². The number of hydrogen-bond donors (Lipinski definition) is 2. The van der Waals surface area contributed by atoms with Gasteiger partial charge < -0.3 is 29.5 Å². The highest BCUT2D eigenvalue weighted by Crippen LogP contribution is 2.28. The van der Waals surface area contributed by atoms with Gasteiger partial charge in [0.25, 0.3) is 5.91 Å². The van der Waals surface area contributed by atoms with Gasteiger partial charge in [-0.25, -0.2) is 4.98 Å². The van der Waals surface area contributed by atoms with Gasteiger partial charge in [-0.3, -0.25) is 9.59 Å². The van der Waals surface area contributed by atoms with E-state index >= 15 is 0 Å². The summed E-state index contributed by atoms with van der Waals surface area (Å²) in [5.41, 5.74) is -0.482. The van der Waals surface area contributed by atoms with E-state index in [-0.39, 0.29) is 41.7 Å². The highest BCUT2D eigenvalue weighted by Gasteiger charge is 2.35. The summed E-state index contributed by atoms with van der Waals surface area (Å²) in [7, 11) is 1.77. The molecule has 2 amide bonds. The number of aliphatic hydroxyl groups excluding tert-OH is 1. The van der Waals surface area contributed by atoms with Crippen molar-refractivity contribution in [1.82, 2.24) is 14.8 Å². The molecule has 0 aromatic carbocycles. The highest BCUT2D eigenvalue weighted by molar-refractivity contribution is 5.97. The minimum atomic E-state index is -1.19. The first-order valence-electron chi connectivity index (χ1n) is 12.2. The molecule has 1 aromatic heterocycles. The number of carbonyl (C=O) groups excluding carboxylic acids is 2. The zero-order valence-electron chi connectivity index (χ0n) is 21.3. The average molecular weight is 488 g/mol. The molecule has 3 atom stereocenters. The quantitative estimate of drug-likeness (QED) is 0.602. The maximum atomic E-state index is 13.5. The van der Waals surface area contributed by atoms with Gasteiger partial charge in [-0.1, -0.05) is 18.8 Å². The van der Waals surface area contributed by atoms with E-state index in [4.69, 9.17) is 9.47 Å². The van der Waals surface area contributed by atoms with E-state index < -0.39 is 17.7 Å². The van der Waals surface area contributed by atoms with Crippen molar-refractivity contribution < 1.29 is 29.3 Å². The van der Waals surface area contributed by atoms with E-state index in [1.54, 1.807) is 43.7 Å². The smallest absolute Gasteiger partial charge is 0.259 e. The van der Waals surface area contributed by atoms with Gasteiger partial charge in [-0.05, 0) is 39.7 Å². The van der Waals surface area contributed by atoms with Crippen LogP contribution >= 0.6 is 0 Å². The molecular weight excluding hydrogens is 450 g/mol. The van der Waals surface area contributed by atoms with Crippen LogP contribution in [0.1, 0.15) is 56.5 Å². The van der Waals surface area contributed by atoms with Gasteiger partial charge in [0.05, 0.1) is 19.2 Å². The van der Waals surface area contributed by atoms with Crippen molar-refractivity contribution in [3.8, 4) is 17.7 Å². The van der Waals surface area contributed by atoms with E-state index in [9.17, 15) is 19.8 Å². The first-order valence-corrected chi connectivity index (χ1v) is 12.2. The molecule has 2 aliphatic rings. The second kappa shape index (κ2) is 11.4. The molecule has 3 rings (SSSR count). The molecule has 9 nitrogen and oxygen atoms in total. The largest absolute Gasteiger partial charge is 0.472 e. The lowest BCUT2D eigenvalue weighted by Crippen LogP contribution is -2.51. The molecule has 2 N–H and O–H groups in total. The molecule has 0 unspecified atom stereocenters. The van der Waals surface area contributed by atoms with Crippen molar-refractivity contribution in [3.05, 3.63) is 23.4 Å². The third kappa shape index (κ3) is 6.94. The van der Waals surface area contributed by atoms with Gasteiger partial charge in [0.2, 0.25) is 11.8 Å². The summed E-state index contributed by atoms with van der Waals surface area (Å²) in [6, 6.07) is 1.19. The number of carbonyl (C=O) groups is 2. The van der Waals surface area contributed by atoms with Crippen LogP contribution in [-0.2, 0) is 9.53 Å². The average Bonchev–Trinajstić information content (AvgIpc) is 2.84. The van der Waals surface area contributed by atoms with Crippen molar-refractivity contribution in [1.29, 1.82) is 0 Å². The Labute approximate surface area is 207 Å². The Morgan fingerprint density at radius 1 is 1.37 bits per heavy atom. The van der Waals surface area contributed by atoms with Crippen molar-refractivity contribution in [2.75, 3.05) is 40.0 Å². The molecule has 2 aliphatic heterocycles. The number of hydrogen-bond acceptors (Lipinski definition) is 7. The van der Waals surface area contributed by atoms with E-state index in [2.05, 4.69) is 16.8 Å². The molecule has 0 radical (unpaired) electrons. The number of likely N-dealkylation sites (N-methyl/N-ethyl adjacent to an activating group) is 1. The molecule has 1 saturated heterocycles. The second-order valence-electron chi connectivity index (χ2n) is 10.1. The molecule has 0 spiro atoms. The first kappa shape index (κ1) is 26.9. The van der Waals surface area contributed by atoms with E-state index in [1.165, 1.54) is 6.20 Å². The van der Waals surface area contributed by atoms with Gasteiger partial charge in [0.1, 0.15) is 17.3 Å². The molecule has 0 aliphatic carbocycles. The van der Waals surface area contributed by atoms with Crippen LogP contribution in [0.2, 0.25) is 0 Å². The fourth-order valence-electron chi connectivity index (χ4n) is 4.23.